The molecule has 176 valence electrons. The molecule has 4 aliphatic carbocycles. The lowest BCUT2D eigenvalue weighted by Crippen LogP contribution is -2.51. The first-order chi connectivity index (χ1) is 15.4. The van der Waals surface area contributed by atoms with Gasteiger partial charge in [0.15, 0.2) is 0 Å². The van der Waals surface area contributed by atoms with Crippen molar-refractivity contribution in [3.05, 3.63) is 35.5 Å². The number of hydrogen-bond acceptors (Lipinski definition) is 4. The predicted octanol–water partition coefficient (Wildman–Crippen LogP) is 5.53. The number of aromatic nitrogens is 1. The average molecular weight is 440 g/mol. The number of rotatable bonds is 5. The maximum atomic E-state index is 10.2. The minimum Gasteiger partial charge on any atom is -0.477 e. The second-order valence-electron chi connectivity index (χ2n) is 11.8. The fraction of sp³-hybridized carbons (Fsp3) is 0.750. The molecule has 2 N–H and O–H groups in total. The molecule has 0 bridgehead atoms. The number of aliphatic hydroxyl groups excluding tert-OH is 2. The van der Waals surface area contributed by atoms with E-state index < -0.39 is 0 Å². The van der Waals surface area contributed by atoms with Crippen LogP contribution < -0.4 is 4.74 Å². The van der Waals surface area contributed by atoms with Gasteiger partial charge in [-0.3, -0.25) is 0 Å². The molecule has 0 amide bonds. The fourth-order valence-corrected chi connectivity index (χ4v) is 8.62. The number of allylic oxidation sites excluding steroid dienone is 1. The van der Waals surface area contributed by atoms with Crippen molar-refractivity contribution in [1.29, 1.82) is 0 Å². The maximum absolute atomic E-state index is 10.2. The molecule has 0 radical (unpaired) electrons. The zero-order chi connectivity index (χ0) is 22.5. The van der Waals surface area contributed by atoms with Crippen molar-refractivity contribution < 1.29 is 14.9 Å². The van der Waals surface area contributed by atoms with Crippen LogP contribution in [0.1, 0.15) is 77.7 Å². The minimum absolute atomic E-state index is 0.0326. The van der Waals surface area contributed by atoms with Crippen molar-refractivity contribution >= 4 is 0 Å². The van der Waals surface area contributed by atoms with Crippen LogP contribution in [0.4, 0.5) is 0 Å². The van der Waals surface area contributed by atoms with Gasteiger partial charge >= 0.3 is 0 Å². The normalized spacial score (nSPS) is 41.8. The predicted molar refractivity (Wildman–Crippen MR) is 126 cm³/mol. The third kappa shape index (κ3) is 3.53. The summed E-state index contributed by atoms with van der Waals surface area (Å²) in [5, 5.41) is 19.8. The number of ether oxygens (including phenoxy) is 1. The lowest BCUT2D eigenvalue weighted by atomic mass is 9.47. The van der Waals surface area contributed by atoms with Crippen molar-refractivity contribution in [2.45, 2.75) is 84.8 Å². The van der Waals surface area contributed by atoms with Crippen LogP contribution in [0.25, 0.3) is 0 Å². The second kappa shape index (κ2) is 8.43. The van der Waals surface area contributed by atoms with Crippen LogP contribution in [0.15, 0.2) is 30.0 Å². The number of nitrogens with zero attached hydrogens (tertiary/aromatic N) is 1. The van der Waals surface area contributed by atoms with Crippen LogP contribution in [-0.4, -0.2) is 27.9 Å². The SMILES string of the molecule is CC(COc1ncccc1CO)[C@H]1CC[C@H]2[C@@H]3CC=C4C[C@@H](O)CC[C@]4(C)[C@H]3CC[C@]12C. The second-order valence-corrected chi connectivity index (χ2v) is 11.8. The Bertz CT molecular complexity index is 868. The molecule has 1 aromatic rings. The summed E-state index contributed by atoms with van der Waals surface area (Å²) in [5.74, 6) is 4.14. The summed E-state index contributed by atoms with van der Waals surface area (Å²) in [4.78, 5) is 4.35. The van der Waals surface area contributed by atoms with E-state index in [9.17, 15) is 10.2 Å². The fourth-order valence-electron chi connectivity index (χ4n) is 8.62. The molecule has 0 saturated heterocycles. The van der Waals surface area contributed by atoms with E-state index in [0.29, 0.717) is 35.2 Å². The molecule has 4 aliphatic rings. The highest BCUT2D eigenvalue weighted by Gasteiger charge is 2.59. The van der Waals surface area contributed by atoms with Crippen LogP contribution in [0.3, 0.4) is 0 Å². The van der Waals surface area contributed by atoms with Crippen LogP contribution in [0.5, 0.6) is 5.88 Å². The van der Waals surface area contributed by atoms with E-state index in [4.69, 9.17) is 4.74 Å². The van der Waals surface area contributed by atoms with Gasteiger partial charge in [0.25, 0.3) is 0 Å². The van der Waals surface area contributed by atoms with Gasteiger partial charge in [-0.25, -0.2) is 4.98 Å². The molecule has 4 heteroatoms. The largest absolute Gasteiger partial charge is 0.477 e. The lowest BCUT2D eigenvalue weighted by Gasteiger charge is -2.58. The molecule has 1 aromatic heterocycles. The van der Waals surface area contributed by atoms with Gasteiger partial charge in [0.1, 0.15) is 0 Å². The van der Waals surface area contributed by atoms with Crippen LogP contribution in [0.2, 0.25) is 0 Å². The quantitative estimate of drug-likeness (QED) is 0.592. The molecule has 0 aliphatic heterocycles. The Morgan fingerprint density at radius 2 is 2.00 bits per heavy atom. The number of pyridine rings is 1. The molecule has 0 aromatic carbocycles. The highest BCUT2D eigenvalue weighted by atomic mass is 16.5. The summed E-state index contributed by atoms with van der Waals surface area (Å²) in [6.07, 6.45) is 13.7. The molecule has 0 spiro atoms. The van der Waals surface area contributed by atoms with Crippen molar-refractivity contribution in [3.8, 4) is 5.88 Å². The summed E-state index contributed by atoms with van der Waals surface area (Å²) in [7, 11) is 0. The number of fused-ring (bicyclic) bond motifs is 5. The Balaban J connectivity index is 1.30. The first-order valence-corrected chi connectivity index (χ1v) is 12.9. The van der Waals surface area contributed by atoms with Gasteiger partial charge < -0.3 is 14.9 Å². The lowest BCUT2D eigenvalue weighted by molar-refractivity contribution is -0.0592. The Labute approximate surface area is 193 Å². The zero-order valence-corrected chi connectivity index (χ0v) is 20.1. The summed E-state index contributed by atoms with van der Waals surface area (Å²) in [6, 6.07) is 3.73. The summed E-state index contributed by atoms with van der Waals surface area (Å²) in [5.41, 5.74) is 3.04. The molecular formula is C28H41NO3. The Morgan fingerprint density at radius 1 is 1.16 bits per heavy atom. The van der Waals surface area contributed by atoms with Gasteiger partial charge in [-0.05, 0) is 104 Å². The highest BCUT2D eigenvalue weighted by molar-refractivity contribution is 5.26. The molecule has 32 heavy (non-hydrogen) atoms. The van der Waals surface area contributed by atoms with Crippen LogP contribution in [-0.2, 0) is 6.61 Å². The summed E-state index contributed by atoms with van der Waals surface area (Å²) in [6.45, 7) is 8.08. The number of hydrogen-bond donors (Lipinski definition) is 2. The first-order valence-electron chi connectivity index (χ1n) is 12.9. The number of aliphatic hydroxyl groups is 2. The molecule has 5 rings (SSSR count). The smallest absolute Gasteiger partial charge is 0.218 e. The Hall–Kier alpha value is -1.39. The van der Waals surface area contributed by atoms with E-state index >= 15 is 0 Å². The molecular weight excluding hydrogens is 398 g/mol. The van der Waals surface area contributed by atoms with Crippen molar-refractivity contribution in [3.63, 3.8) is 0 Å². The first kappa shape index (κ1) is 22.4. The Kier molecular flexibility index (Phi) is 5.90. The van der Waals surface area contributed by atoms with Gasteiger partial charge in [-0.1, -0.05) is 32.4 Å². The molecule has 3 fully saturated rings. The molecule has 1 unspecified atom stereocenters. The van der Waals surface area contributed by atoms with Crippen LogP contribution >= 0.6 is 0 Å². The highest BCUT2D eigenvalue weighted by Crippen LogP contribution is 2.67. The van der Waals surface area contributed by atoms with Gasteiger partial charge in [0.05, 0.1) is 19.3 Å². The zero-order valence-electron chi connectivity index (χ0n) is 20.1. The minimum atomic E-state index is -0.123. The van der Waals surface area contributed by atoms with Gasteiger partial charge in [-0.2, -0.15) is 0 Å². The van der Waals surface area contributed by atoms with Gasteiger partial charge in [0.2, 0.25) is 5.88 Å². The maximum Gasteiger partial charge on any atom is 0.218 e. The summed E-state index contributed by atoms with van der Waals surface area (Å²) < 4.78 is 6.13. The van der Waals surface area contributed by atoms with Crippen molar-refractivity contribution in [2.75, 3.05) is 6.61 Å². The van der Waals surface area contributed by atoms with Crippen LogP contribution in [0, 0.1) is 40.4 Å². The van der Waals surface area contributed by atoms with E-state index in [0.717, 1.165) is 42.6 Å². The monoisotopic (exact) mass is 439 g/mol. The molecule has 8 atom stereocenters. The van der Waals surface area contributed by atoms with Gasteiger partial charge in [-0.15, -0.1) is 0 Å². The van der Waals surface area contributed by atoms with E-state index in [1.807, 2.05) is 12.1 Å². The van der Waals surface area contributed by atoms with Gasteiger partial charge in [0, 0.05) is 11.8 Å². The average Bonchev–Trinajstić information content (AvgIpc) is 3.15. The van der Waals surface area contributed by atoms with E-state index in [-0.39, 0.29) is 12.7 Å². The topological polar surface area (TPSA) is 62.6 Å². The van der Waals surface area contributed by atoms with Crippen molar-refractivity contribution in [1.82, 2.24) is 4.98 Å². The van der Waals surface area contributed by atoms with Crippen molar-refractivity contribution in [2.24, 2.45) is 40.4 Å². The Morgan fingerprint density at radius 3 is 2.81 bits per heavy atom. The van der Waals surface area contributed by atoms with E-state index in [1.54, 1.807) is 11.8 Å². The third-order valence-electron chi connectivity index (χ3n) is 10.3. The molecule has 3 saturated carbocycles. The third-order valence-corrected chi connectivity index (χ3v) is 10.3. The molecule has 4 nitrogen and oxygen atoms in total. The summed E-state index contributed by atoms with van der Waals surface area (Å²) >= 11 is 0. The van der Waals surface area contributed by atoms with E-state index in [2.05, 4.69) is 31.8 Å². The van der Waals surface area contributed by atoms with E-state index in [1.165, 1.54) is 32.1 Å². The molecule has 1 heterocycles. The standard InChI is InChI=1S/C28H41NO3/c1-18(17-32-26-19(16-30)5-4-14-29-26)23-8-9-24-22-7-6-20-15-21(31)10-12-27(20,2)25(22)11-13-28(23,24)3/h4-6,14,18,21-25,30-31H,7-13,15-17H2,1-3H3/t18?,21-,22-,23+,24-,25-,27-,28+/m0/s1.